The summed E-state index contributed by atoms with van der Waals surface area (Å²) in [5, 5.41) is 5.81. The van der Waals surface area contributed by atoms with Gasteiger partial charge in [0.25, 0.3) is 0 Å². The summed E-state index contributed by atoms with van der Waals surface area (Å²) in [5.74, 6) is 0. The Morgan fingerprint density at radius 1 is 1.43 bits per heavy atom. The zero-order valence-corrected chi connectivity index (χ0v) is 10.3. The second-order valence-electron chi connectivity index (χ2n) is 2.53. The van der Waals surface area contributed by atoms with Crippen LogP contribution in [0, 0.1) is 0 Å². The third-order valence-corrected chi connectivity index (χ3v) is 4.00. The Balaban J connectivity index is 2.43. The summed E-state index contributed by atoms with van der Waals surface area (Å²) in [5.41, 5.74) is 1.77. The zero-order chi connectivity index (χ0) is 10.1. The lowest BCUT2D eigenvalue weighted by atomic mass is 10.3. The monoisotopic (exact) mass is 264 g/mol. The van der Waals surface area contributed by atoms with Crippen LogP contribution in [0.25, 0.3) is 11.3 Å². The first-order valence-corrected chi connectivity index (χ1v) is 6.24. The standard InChI is InChI=1S/C8H6Cl2N2S2/c1-11-8-12-5(3-13-8)4-2-6(9)14-7(4)10/h2-3H,1H3,(H,11,12). The largest absolute Gasteiger partial charge is 0.365 e. The van der Waals surface area contributed by atoms with Crippen LogP contribution in [0.15, 0.2) is 11.4 Å². The highest BCUT2D eigenvalue weighted by Gasteiger charge is 2.11. The molecule has 0 aliphatic carbocycles. The number of halogens is 2. The Labute approximate surface area is 99.5 Å². The van der Waals surface area contributed by atoms with E-state index in [2.05, 4.69) is 10.3 Å². The molecule has 2 aromatic rings. The molecule has 74 valence electrons. The number of thiophene rings is 1. The first kappa shape index (κ1) is 10.2. The average molecular weight is 265 g/mol. The Kier molecular flexibility index (Phi) is 2.97. The molecule has 2 rings (SSSR count). The molecule has 0 spiro atoms. The highest BCUT2D eigenvalue weighted by molar-refractivity contribution is 7.20. The minimum Gasteiger partial charge on any atom is -0.365 e. The summed E-state index contributed by atoms with van der Waals surface area (Å²) >= 11 is 14.8. The number of nitrogens with one attached hydrogen (secondary N) is 1. The van der Waals surface area contributed by atoms with E-state index < -0.39 is 0 Å². The van der Waals surface area contributed by atoms with Crippen LogP contribution >= 0.6 is 45.9 Å². The Morgan fingerprint density at radius 2 is 2.21 bits per heavy atom. The van der Waals surface area contributed by atoms with Crippen molar-refractivity contribution >= 4 is 51.0 Å². The summed E-state index contributed by atoms with van der Waals surface area (Å²) in [4.78, 5) is 4.34. The van der Waals surface area contributed by atoms with E-state index >= 15 is 0 Å². The fraction of sp³-hybridized carbons (Fsp3) is 0.125. The third kappa shape index (κ3) is 1.88. The molecule has 0 aliphatic rings. The summed E-state index contributed by atoms with van der Waals surface area (Å²) in [6, 6.07) is 1.84. The third-order valence-electron chi connectivity index (χ3n) is 1.65. The summed E-state index contributed by atoms with van der Waals surface area (Å²) in [6.45, 7) is 0. The molecule has 0 radical (unpaired) electrons. The van der Waals surface area contributed by atoms with Gasteiger partial charge < -0.3 is 5.32 Å². The predicted octanol–water partition coefficient (Wildman–Crippen LogP) is 4.22. The van der Waals surface area contributed by atoms with Crippen molar-refractivity contribution in [3.05, 3.63) is 20.1 Å². The molecule has 2 aromatic heterocycles. The highest BCUT2D eigenvalue weighted by Crippen LogP contribution is 2.38. The Morgan fingerprint density at radius 3 is 2.71 bits per heavy atom. The quantitative estimate of drug-likeness (QED) is 0.879. The van der Waals surface area contributed by atoms with E-state index in [-0.39, 0.29) is 0 Å². The molecular weight excluding hydrogens is 259 g/mol. The van der Waals surface area contributed by atoms with Gasteiger partial charge in [0.15, 0.2) is 5.13 Å². The van der Waals surface area contributed by atoms with Crippen molar-refractivity contribution in [3.63, 3.8) is 0 Å². The van der Waals surface area contributed by atoms with Gasteiger partial charge in [0, 0.05) is 18.0 Å². The molecular formula is C8H6Cl2N2S2. The maximum Gasteiger partial charge on any atom is 0.182 e. The lowest BCUT2D eigenvalue weighted by Crippen LogP contribution is -1.85. The van der Waals surface area contributed by atoms with Gasteiger partial charge in [-0.3, -0.25) is 0 Å². The van der Waals surface area contributed by atoms with Gasteiger partial charge in [-0.05, 0) is 6.07 Å². The van der Waals surface area contributed by atoms with Gasteiger partial charge in [-0.1, -0.05) is 23.2 Å². The van der Waals surface area contributed by atoms with E-state index in [0.717, 1.165) is 16.4 Å². The van der Waals surface area contributed by atoms with Crippen LogP contribution in [-0.2, 0) is 0 Å². The Hall–Kier alpha value is -0.290. The first-order chi connectivity index (χ1) is 6.70. The highest BCUT2D eigenvalue weighted by atomic mass is 35.5. The summed E-state index contributed by atoms with van der Waals surface area (Å²) in [6.07, 6.45) is 0. The van der Waals surface area contributed by atoms with Crippen molar-refractivity contribution in [1.82, 2.24) is 4.98 Å². The number of rotatable bonds is 2. The fourth-order valence-electron chi connectivity index (χ4n) is 1.03. The second kappa shape index (κ2) is 4.06. The van der Waals surface area contributed by atoms with E-state index in [4.69, 9.17) is 23.2 Å². The molecule has 0 saturated heterocycles. The molecule has 6 heteroatoms. The van der Waals surface area contributed by atoms with Crippen LogP contribution in [0.2, 0.25) is 8.67 Å². The van der Waals surface area contributed by atoms with E-state index in [1.165, 1.54) is 11.3 Å². The normalized spacial score (nSPS) is 10.5. The number of hydrogen-bond acceptors (Lipinski definition) is 4. The molecule has 0 aromatic carbocycles. The van der Waals surface area contributed by atoms with E-state index in [9.17, 15) is 0 Å². The average Bonchev–Trinajstić information content (AvgIpc) is 2.71. The minimum atomic E-state index is 0.683. The van der Waals surface area contributed by atoms with Crippen LogP contribution in [0.4, 0.5) is 5.13 Å². The number of aromatic nitrogens is 1. The van der Waals surface area contributed by atoms with E-state index in [0.29, 0.717) is 8.67 Å². The summed E-state index contributed by atoms with van der Waals surface area (Å²) in [7, 11) is 1.84. The van der Waals surface area contributed by atoms with Gasteiger partial charge in [0.05, 0.1) is 10.0 Å². The number of thiazole rings is 1. The fourth-order valence-corrected chi connectivity index (χ4v) is 3.18. The van der Waals surface area contributed by atoms with Gasteiger partial charge in [-0.25, -0.2) is 4.98 Å². The SMILES string of the molecule is CNc1nc(-c2cc(Cl)sc2Cl)cs1. The first-order valence-electron chi connectivity index (χ1n) is 3.79. The predicted molar refractivity (Wildman–Crippen MR) is 65.0 cm³/mol. The smallest absolute Gasteiger partial charge is 0.182 e. The van der Waals surface area contributed by atoms with E-state index in [1.807, 2.05) is 18.5 Å². The van der Waals surface area contributed by atoms with Crippen molar-refractivity contribution in [2.24, 2.45) is 0 Å². The maximum absolute atomic E-state index is 6.01. The van der Waals surface area contributed by atoms with Crippen LogP contribution in [0.5, 0.6) is 0 Å². The van der Waals surface area contributed by atoms with E-state index in [1.54, 1.807) is 11.3 Å². The lowest BCUT2D eigenvalue weighted by Gasteiger charge is -1.91. The molecule has 0 fully saturated rings. The van der Waals surface area contributed by atoms with Crippen LogP contribution in [0.1, 0.15) is 0 Å². The molecule has 1 N–H and O–H groups in total. The zero-order valence-electron chi connectivity index (χ0n) is 7.17. The van der Waals surface area contributed by atoms with Gasteiger partial charge in [-0.15, -0.1) is 22.7 Å². The summed E-state index contributed by atoms with van der Waals surface area (Å²) < 4.78 is 1.37. The van der Waals surface area contributed by atoms with Crippen LogP contribution in [0.3, 0.4) is 0 Å². The van der Waals surface area contributed by atoms with Gasteiger partial charge in [0.2, 0.25) is 0 Å². The topological polar surface area (TPSA) is 24.9 Å². The molecule has 0 unspecified atom stereocenters. The van der Waals surface area contributed by atoms with Crippen molar-refractivity contribution in [2.45, 2.75) is 0 Å². The minimum absolute atomic E-state index is 0.683. The maximum atomic E-state index is 6.01. The van der Waals surface area contributed by atoms with Crippen molar-refractivity contribution < 1.29 is 0 Å². The van der Waals surface area contributed by atoms with Crippen molar-refractivity contribution in [1.29, 1.82) is 0 Å². The molecule has 0 aliphatic heterocycles. The molecule has 0 amide bonds. The molecule has 14 heavy (non-hydrogen) atoms. The Bertz CT molecular complexity index is 450. The molecule has 2 heterocycles. The molecule has 2 nitrogen and oxygen atoms in total. The molecule has 0 saturated carbocycles. The van der Waals surface area contributed by atoms with Gasteiger partial charge in [0.1, 0.15) is 4.34 Å². The van der Waals surface area contributed by atoms with Gasteiger partial charge in [-0.2, -0.15) is 0 Å². The van der Waals surface area contributed by atoms with Crippen molar-refractivity contribution in [3.8, 4) is 11.3 Å². The number of anilines is 1. The second-order valence-corrected chi connectivity index (χ2v) is 5.67. The van der Waals surface area contributed by atoms with Crippen molar-refractivity contribution in [2.75, 3.05) is 12.4 Å². The molecule has 0 bridgehead atoms. The van der Waals surface area contributed by atoms with Crippen LogP contribution < -0.4 is 5.32 Å². The molecule has 0 atom stereocenters. The number of hydrogen-bond donors (Lipinski definition) is 1. The lowest BCUT2D eigenvalue weighted by molar-refractivity contribution is 1.37. The van der Waals surface area contributed by atoms with Crippen LogP contribution in [-0.4, -0.2) is 12.0 Å². The van der Waals surface area contributed by atoms with Gasteiger partial charge >= 0.3 is 0 Å². The number of nitrogens with zero attached hydrogens (tertiary/aromatic N) is 1.